The van der Waals surface area contributed by atoms with Crippen LogP contribution < -0.4 is 5.73 Å². The van der Waals surface area contributed by atoms with E-state index in [2.05, 4.69) is 20.8 Å². The predicted molar refractivity (Wildman–Crippen MR) is 72.0 cm³/mol. The fraction of sp³-hybridized carbons (Fsp3) is 0.333. The molecule has 2 aromatic carbocycles. The Kier molecular flexibility index (Phi) is 2.84. The van der Waals surface area contributed by atoms with Gasteiger partial charge in [-0.3, -0.25) is 0 Å². The second kappa shape index (κ2) is 4.04. The Morgan fingerprint density at radius 3 is 2.35 bits per heavy atom. The number of aromatic hydroxyl groups is 1. The quantitative estimate of drug-likeness (QED) is 0.785. The van der Waals surface area contributed by atoms with E-state index in [1.807, 2.05) is 30.3 Å². The van der Waals surface area contributed by atoms with Crippen LogP contribution in [0.2, 0.25) is 0 Å². The second-order valence-electron chi connectivity index (χ2n) is 5.56. The molecule has 0 aliphatic carbocycles. The summed E-state index contributed by atoms with van der Waals surface area (Å²) in [7, 11) is 0. The lowest BCUT2D eigenvalue weighted by Gasteiger charge is -2.29. The fourth-order valence-corrected chi connectivity index (χ4v) is 2.04. The molecule has 0 saturated carbocycles. The van der Waals surface area contributed by atoms with E-state index < -0.39 is 0 Å². The summed E-state index contributed by atoms with van der Waals surface area (Å²) in [5, 5.41) is 12.2. The molecule has 3 N–H and O–H groups in total. The van der Waals surface area contributed by atoms with Gasteiger partial charge in [-0.05, 0) is 22.3 Å². The van der Waals surface area contributed by atoms with E-state index in [1.165, 1.54) is 0 Å². The van der Waals surface area contributed by atoms with Crippen molar-refractivity contribution < 1.29 is 5.11 Å². The van der Waals surface area contributed by atoms with Gasteiger partial charge in [-0.25, -0.2) is 0 Å². The van der Waals surface area contributed by atoms with Gasteiger partial charge in [-0.15, -0.1) is 0 Å². The van der Waals surface area contributed by atoms with Crippen molar-refractivity contribution in [2.45, 2.75) is 26.8 Å². The van der Waals surface area contributed by atoms with Crippen LogP contribution in [-0.2, 0) is 0 Å². The molecule has 0 heterocycles. The summed E-state index contributed by atoms with van der Waals surface area (Å²) >= 11 is 0. The highest BCUT2D eigenvalue weighted by Gasteiger charge is 2.26. The molecule has 0 spiro atoms. The average molecular weight is 229 g/mol. The molecule has 0 unspecified atom stereocenters. The van der Waals surface area contributed by atoms with E-state index in [1.54, 1.807) is 6.07 Å². The Hall–Kier alpha value is -1.54. The van der Waals surface area contributed by atoms with Crippen molar-refractivity contribution in [2.24, 2.45) is 11.1 Å². The summed E-state index contributed by atoms with van der Waals surface area (Å²) in [6, 6.07) is 11.5. The summed E-state index contributed by atoms with van der Waals surface area (Å²) < 4.78 is 0. The Morgan fingerprint density at radius 1 is 1.06 bits per heavy atom. The highest BCUT2D eigenvalue weighted by Crippen LogP contribution is 2.39. The lowest BCUT2D eigenvalue weighted by atomic mass is 9.81. The van der Waals surface area contributed by atoms with E-state index >= 15 is 0 Å². The van der Waals surface area contributed by atoms with Gasteiger partial charge >= 0.3 is 0 Å². The lowest BCUT2D eigenvalue weighted by molar-refractivity contribution is 0.319. The molecule has 0 aliphatic rings. The zero-order valence-electron chi connectivity index (χ0n) is 10.6. The first-order chi connectivity index (χ1) is 7.91. The number of hydrogen-bond donors (Lipinski definition) is 2. The molecule has 0 bridgehead atoms. The molecule has 2 rings (SSSR count). The number of rotatable bonds is 1. The first-order valence-corrected chi connectivity index (χ1v) is 5.87. The zero-order chi connectivity index (χ0) is 12.6. The summed E-state index contributed by atoms with van der Waals surface area (Å²) in [5.74, 6) is 0.283. The first-order valence-electron chi connectivity index (χ1n) is 5.87. The molecule has 17 heavy (non-hydrogen) atoms. The maximum atomic E-state index is 10.1. The van der Waals surface area contributed by atoms with Gasteiger partial charge in [0.2, 0.25) is 0 Å². The Bertz CT molecular complexity index is 540. The molecule has 90 valence electrons. The SMILES string of the molecule is CC(C)(C)[C@@H](N)c1c(O)ccc2ccccc12. The highest BCUT2D eigenvalue weighted by atomic mass is 16.3. The normalized spacial score (nSPS) is 13.9. The van der Waals surface area contributed by atoms with Crippen molar-refractivity contribution in [3.63, 3.8) is 0 Å². The highest BCUT2D eigenvalue weighted by molar-refractivity contribution is 5.88. The van der Waals surface area contributed by atoms with Gasteiger partial charge in [-0.2, -0.15) is 0 Å². The van der Waals surface area contributed by atoms with Crippen LogP contribution in [0.15, 0.2) is 36.4 Å². The van der Waals surface area contributed by atoms with Gasteiger partial charge < -0.3 is 10.8 Å². The Balaban J connectivity index is 2.71. The molecule has 0 aliphatic heterocycles. The number of hydrogen-bond acceptors (Lipinski definition) is 2. The molecular weight excluding hydrogens is 210 g/mol. The Morgan fingerprint density at radius 2 is 1.71 bits per heavy atom. The Labute approximate surface area is 102 Å². The third-order valence-corrected chi connectivity index (χ3v) is 3.19. The minimum atomic E-state index is -0.186. The minimum absolute atomic E-state index is 0.0817. The third-order valence-electron chi connectivity index (χ3n) is 3.19. The second-order valence-corrected chi connectivity index (χ2v) is 5.56. The third kappa shape index (κ3) is 2.13. The molecule has 2 heteroatoms. The van der Waals surface area contributed by atoms with Crippen molar-refractivity contribution in [2.75, 3.05) is 0 Å². The topological polar surface area (TPSA) is 46.2 Å². The molecular formula is C15H19NO. The van der Waals surface area contributed by atoms with Crippen LogP contribution in [-0.4, -0.2) is 5.11 Å². The maximum absolute atomic E-state index is 10.1. The first kappa shape index (κ1) is 11.9. The van der Waals surface area contributed by atoms with E-state index in [9.17, 15) is 5.11 Å². The van der Waals surface area contributed by atoms with Crippen LogP contribution in [0.1, 0.15) is 32.4 Å². The molecule has 0 amide bonds. The van der Waals surface area contributed by atoms with Gasteiger partial charge in [0.05, 0.1) is 0 Å². The summed E-state index contributed by atoms with van der Waals surface area (Å²) in [5.41, 5.74) is 7.04. The van der Waals surface area contributed by atoms with Crippen molar-refractivity contribution in [3.05, 3.63) is 42.0 Å². The smallest absolute Gasteiger partial charge is 0.121 e. The maximum Gasteiger partial charge on any atom is 0.121 e. The van der Waals surface area contributed by atoms with Gasteiger partial charge in [-0.1, -0.05) is 51.1 Å². The monoisotopic (exact) mass is 229 g/mol. The number of phenolic OH excluding ortho intramolecular Hbond substituents is 1. The average Bonchev–Trinajstić information content (AvgIpc) is 2.27. The van der Waals surface area contributed by atoms with Crippen molar-refractivity contribution >= 4 is 10.8 Å². The van der Waals surface area contributed by atoms with Crippen LogP contribution in [0.25, 0.3) is 10.8 Å². The van der Waals surface area contributed by atoms with Crippen LogP contribution in [0.4, 0.5) is 0 Å². The number of nitrogens with two attached hydrogens (primary N) is 1. The fourth-order valence-electron chi connectivity index (χ4n) is 2.04. The molecule has 1 atom stereocenters. The van der Waals surface area contributed by atoms with E-state index in [4.69, 9.17) is 5.73 Å². The summed E-state index contributed by atoms with van der Waals surface area (Å²) in [6.45, 7) is 6.25. The standard InChI is InChI=1S/C15H19NO/c1-15(2,3)14(16)13-11-7-5-4-6-10(11)8-9-12(13)17/h4-9,14,17H,16H2,1-3H3/t14-/m0/s1. The predicted octanol–water partition coefficient (Wildman–Crippen LogP) is 3.59. The number of benzene rings is 2. The van der Waals surface area contributed by atoms with Gasteiger partial charge in [0, 0.05) is 11.6 Å². The van der Waals surface area contributed by atoms with Crippen LogP contribution in [0.5, 0.6) is 5.75 Å². The van der Waals surface area contributed by atoms with Crippen LogP contribution in [0, 0.1) is 5.41 Å². The molecule has 0 aromatic heterocycles. The molecule has 0 radical (unpaired) electrons. The van der Waals surface area contributed by atoms with Crippen molar-refractivity contribution in [1.29, 1.82) is 0 Å². The largest absolute Gasteiger partial charge is 0.508 e. The van der Waals surface area contributed by atoms with Gasteiger partial charge in [0.25, 0.3) is 0 Å². The summed E-state index contributed by atoms with van der Waals surface area (Å²) in [4.78, 5) is 0. The van der Waals surface area contributed by atoms with Crippen LogP contribution in [0.3, 0.4) is 0 Å². The minimum Gasteiger partial charge on any atom is -0.508 e. The zero-order valence-corrected chi connectivity index (χ0v) is 10.6. The van der Waals surface area contributed by atoms with Gasteiger partial charge in [0.1, 0.15) is 5.75 Å². The van der Waals surface area contributed by atoms with Crippen molar-refractivity contribution in [1.82, 2.24) is 0 Å². The van der Waals surface area contributed by atoms with Crippen LogP contribution >= 0.6 is 0 Å². The molecule has 0 saturated heterocycles. The molecule has 2 aromatic rings. The lowest BCUT2D eigenvalue weighted by Crippen LogP contribution is -2.26. The van der Waals surface area contributed by atoms with E-state index in [0.29, 0.717) is 0 Å². The van der Waals surface area contributed by atoms with Gasteiger partial charge in [0.15, 0.2) is 0 Å². The number of fused-ring (bicyclic) bond motifs is 1. The van der Waals surface area contributed by atoms with E-state index in [0.717, 1.165) is 16.3 Å². The van der Waals surface area contributed by atoms with E-state index in [-0.39, 0.29) is 17.2 Å². The summed E-state index contributed by atoms with van der Waals surface area (Å²) in [6.07, 6.45) is 0. The number of phenols is 1. The molecule has 2 nitrogen and oxygen atoms in total. The molecule has 0 fully saturated rings. The van der Waals surface area contributed by atoms with Crippen molar-refractivity contribution in [3.8, 4) is 5.75 Å².